The summed E-state index contributed by atoms with van der Waals surface area (Å²) in [6, 6.07) is 0. The first kappa shape index (κ1) is 14.6. The van der Waals surface area contributed by atoms with Crippen LogP contribution in [0.25, 0.3) is 0 Å². The first-order valence-corrected chi connectivity index (χ1v) is 10.4. The zero-order valence-corrected chi connectivity index (χ0v) is 14.1. The van der Waals surface area contributed by atoms with Gasteiger partial charge in [-0.15, -0.1) is 0 Å². The number of hydrogen-bond acceptors (Lipinski definition) is 0. The highest BCUT2D eigenvalue weighted by molar-refractivity contribution is 4.89. The van der Waals surface area contributed by atoms with Gasteiger partial charge >= 0.3 is 0 Å². The summed E-state index contributed by atoms with van der Waals surface area (Å²) in [6.07, 6.45) is 23.6. The van der Waals surface area contributed by atoms with Crippen molar-refractivity contribution in [3.05, 3.63) is 0 Å². The Kier molecular flexibility index (Phi) is 4.60. The van der Waals surface area contributed by atoms with Crippen LogP contribution in [0.3, 0.4) is 0 Å². The van der Waals surface area contributed by atoms with Gasteiger partial charge in [0, 0.05) is 0 Å². The second kappa shape index (κ2) is 6.63. The Hall–Kier alpha value is 0. The van der Waals surface area contributed by atoms with E-state index in [4.69, 9.17) is 0 Å². The van der Waals surface area contributed by atoms with E-state index in [-0.39, 0.29) is 0 Å². The molecule has 0 aromatic heterocycles. The van der Waals surface area contributed by atoms with Gasteiger partial charge in [0.15, 0.2) is 0 Å². The zero-order valence-electron chi connectivity index (χ0n) is 14.1. The van der Waals surface area contributed by atoms with Crippen LogP contribution >= 0.6 is 0 Å². The molecule has 0 saturated heterocycles. The SMILES string of the molecule is C1CCC2C(C1)CCC2CCCC1CCC2CCCCC21. The van der Waals surface area contributed by atoms with Gasteiger partial charge in [-0.1, -0.05) is 57.8 Å². The zero-order chi connectivity index (χ0) is 14.1. The van der Waals surface area contributed by atoms with Crippen LogP contribution in [0.15, 0.2) is 0 Å². The summed E-state index contributed by atoms with van der Waals surface area (Å²) in [5, 5.41) is 0. The van der Waals surface area contributed by atoms with Crippen LogP contribution in [0.5, 0.6) is 0 Å². The Morgan fingerprint density at radius 1 is 0.476 bits per heavy atom. The first-order valence-electron chi connectivity index (χ1n) is 10.4. The van der Waals surface area contributed by atoms with Gasteiger partial charge in [-0.05, 0) is 74.0 Å². The van der Waals surface area contributed by atoms with Gasteiger partial charge < -0.3 is 0 Å². The molecule has 6 atom stereocenters. The molecule has 120 valence electrons. The molecule has 21 heavy (non-hydrogen) atoms. The molecular weight excluding hydrogens is 252 g/mol. The van der Waals surface area contributed by atoms with Crippen LogP contribution in [-0.2, 0) is 0 Å². The molecule has 4 fully saturated rings. The van der Waals surface area contributed by atoms with E-state index in [1.54, 1.807) is 96.3 Å². The minimum absolute atomic E-state index is 1.14. The third kappa shape index (κ3) is 3.06. The molecule has 0 aromatic rings. The van der Waals surface area contributed by atoms with Gasteiger partial charge in [-0.25, -0.2) is 0 Å². The van der Waals surface area contributed by atoms with Crippen molar-refractivity contribution in [3.63, 3.8) is 0 Å². The van der Waals surface area contributed by atoms with E-state index in [9.17, 15) is 0 Å². The Morgan fingerprint density at radius 3 is 1.48 bits per heavy atom. The van der Waals surface area contributed by atoms with E-state index in [1.807, 2.05) is 0 Å². The summed E-state index contributed by atoms with van der Waals surface area (Å²) in [4.78, 5) is 0. The quantitative estimate of drug-likeness (QED) is 0.547. The molecular formula is C21H36. The van der Waals surface area contributed by atoms with Crippen molar-refractivity contribution in [2.75, 3.05) is 0 Å². The average Bonchev–Trinajstić information content (AvgIpc) is 3.13. The lowest BCUT2D eigenvalue weighted by Gasteiger charge is -2.31. The molecule has 4 aliphatic rings. The lowest BCUT2D eigenvalue weighted by Crippen LogP contribution is -2.20. The standard InChI is InChI=1S/C21H36/c1-3-10-20-16(6-1)12-14-18(20)8-5-9-19-15-13-17-7-2-4-11-21(17)19/h16-21H,1-15H2. The van der Waals surface area contributed by atoms with E-state index < -0.39 is 0 Å². The van der Waals surface area contributed by atoms with E-state index >= 15 is 0 Å². The van der Waals surface area contributed by atoms with Gasteiger partial charge in [0.2, 0.25) is 0 Å². The minimum Gasteiger partial charge on any atom is -0.0530 e. The van der Waals surface area contributed by atoms with Crippen molar-refractivity contribution in [2.24, 2.45) is 35.5 Å². The monoisotopic (exact) mass is 288 g/mol. The predicted molar refractivity (Wildman–Crippen MR) is 90.2 cm³/mol. The van der Waals surface area contributed by atoms with Crippen LogP contribution in [0.1, 0.15) is 96.3 Å². The van der Waals surface area contributed by atoms with Crippen molar-refractivity contribution in [3.8, 4) is 0 Å². The van der Waals surface area contributed by atoms with Crippen molar-refractivity contribution >= 4 is 0 Å². The van der Waals surface area contributed by atoms with Crippen molar-refractivity contribution in [1.82, 2.24) is 0 Å². The minimum atomic E-state index is 1.14. The summed E-state index contributed by atoms with van der Waals surface area (Å²) in [6.45, 7) is 0. The summed E-state index contributed by atoms with van der Waals surface area (Å²) in [5.74, 6) is 6.89. The maximum Gasteiger partial charge on any atom is -0.0357 e. The van der Waals surface area contributed by atoms with E-state index in [1.165, 1.54) is 0 Å². The summed E-state index contributed by atoms with van der Waals surface area (Å²) in [7, 11) is 0. The molecule has 0 aromatic carbocycles. The molecule has 0 spiro atoms. The molecule has 0 bridgehead atoms. The summed E-state index contributed by atoms with van der Waals surface area (Å²) >= 11 is 0. The van der Waals surface area contributed by atoms with Gasteiger partial charge in [0.25, 0.3) is 0 Å². The smallest absolute Gasteiger partial charge is 0.0357 e. The molecule has 4 aliphatic carbocycles. The number of fused-ring (bicyclic) bond motifs is 2. The molecule has 0 N–H and O–H groups in total. The molecule has 4 saturated carbocycles. The van der Waals surface area contributed by atoms with Crippen molar-refractivity contribution in [1.29, 1.82) is 0 Å². The highest BCUT2D eigenvalue weighted by Gasteiger charge is 2.38. The lowest BCUT2D eigenvalue weighted by atomic mass is 9.75. The highest BCUT2D eigenvalue weighted by atomic mass is 14.4. The first-order chi connectivity index (χ1) is 10.4. The maximum absolute atomic E-state index is 1.59. The van der Waals surface area contributed by atoms with E-state index in [0.29, 0.717) is 0 Å². The molecule has 0 amide bonds. The van der Waals surface area contributed by atoms with Gasteiger partial charge in [0.1, 0.15) is 0 Å². The second-order valence-electron chi connectivity index (χ2n) is 9.02. The Morgan fingerprint density at radius 2 is 0.952 bits per heavy atom. The maximum atomic E-state index is 1.59. The second-order valence-corrected chi connectivity index (χ2v) is 9.02. The number of hydrogen-bond donors (Lipinski definition) is 0. The molecule has 0 radical (unpaired) electrons. The fourth-order valence-corrected chi connectivity index (χ4v) is 7.07. The van der Waals surface area contributed by atoms with Gasteiger partial charge in [-0.2, -0.15) is 0 Å². The van der Waals surface area contributed by atoms with E-state index in [2.05, 4.69) is 0 Å². The lowest BCUT2D eigenvalue weighted by molar-refractivity contribution is 0.199. The largest absolute Gasteiger partial charge is 0.0530 e. The molecule has 4 rings (SSSR count). The van der Waals surface area contributed by atoms with Crippen molar-refractivity contribution in [2.45, 2.75) is 96.3 Å². The third-order valence-corrected chi connectivity index (χ3v) is 8.11. The van der Waals surface area contributed by atoms with Crippen LogP contribution in [0.2, 0.25) is 0 Å². The van der Waals surface area contributed by atoms with Crippen LogP contribution < -0.4 is 0 Å². The highest BCUT2D eigenvalue weighted by Crippen LogP contribution is 2.50. The Balaban J connectivity index is 1.23. The molecule has 6 unspecified atom stereocenters. The van der Waals surface area contributed by atoms with Gasteiger partial charge in [-0.3, -0.25) is 0 Å². The third-order valence-electron chi connectivity index (χ3n) is 8.11. The fraction of sp³-hybridized carbons (Fsp3) is 1.00. The normalized spacial score (nSPS) is 46.3. The molecule has 0 heterocycles. The Bertz CT molecular complexity index is 301. The summed E-state index contributed by atoms with van der Waals surface area (Å²) in [5.41, 5.74) is 0. The van der Waals surface area contributed by atoms with Crippen LogP contribution in [-0.4, -0.2) is 0 Å². The summed E-state index contributed by atoms with van der Waals surface area (Å²) < 4.78 is 0. The predicted octanol–water partition coefficient (Wildman–Crippen LogP) is 6.59. The Labute approximate surface area is 132 Å². The van der Waals surface area contributed by atoms with Crippen molar-refractivity contribution < 1.29 is 0 Å². The molecule has 0 nitrogen and oxygen atoms in total. The number of rotatable bonds is 4. The van der Waals surface area contributed by atoms with Gasteiger partial charge in [0.05, 0.1) is 0 Å². The molecule has 0 heteroatoms. The topological polar surface area (TPSA) is 0 Å². The average molecular weight is 289 g/mol. The van der Waals surface area contributed by atoms with Crippen LogP contribution in [0.4, 0.5) is 0 Å². The fourth-order valence-electron chi connectivity index (χ4n) is 7.07. The van der Waals surface area contributed by atoms with E-state index in [0.717, 1.165) is 35.5 Å². The molecule has 0 aliphatic heterocycles. The van der Waals surface area contributed by atoms with Crippen LogP contribution in [0, 0.1) is 35.5 Å².